The van der Waals surface area contributed by atoms with Gasteiger partial charge < -0.3 is 16.0 Å². The van der Waals surface area contributed by atoms with E-state index in [0.29, 0.717) is 38.9 Å². The van der Waals surface area contributed by atoms with E-state index in [9.17, 15) is 13.6 Å². The Balaban J connectivity index is 2.05. The van der Waals surface area contributed by atoms with Crippen LogP contribution < -0.4 is 16.0 Å². The monoisotopic (exact) mass is 325 g/mol. The Morgan fingerprint density at radius 3 is 2.48 bits per heavy atom. The van der Waals surface area contributed by atoms with Crippen molar-refractivity contribution in [3.8, 4) is 0 Å². The first-order chi connectivity index (χ1) is 11.0. The van der Waals surface area contributed by atoms with Gasteiger partial charge in [-0.2, -0.15) is 0 Å². The molecule has 0 radical (unpaired) electrons. The second-order valence-corrected chi connectivity index (χ2v) is 6.17. The second kappa shape index (κ2) is 7.25. The maximum Gasteiger partial charge on any atom is 0.227 e. The van der Waals surface area contributed by atoms with Gasteiger partial charge in [-0.1, -0.05) is 19.9 Å². The number of nitrogens with zero attached hydrogens (tertiary/aromatic N) is 1. The number of amides is 1. The van der Waals surface area contributed by atoms with Crippen molar-refractivity contribution in [2.24, 2.45) is 11.1 Å². The Hall–Kier alpha value is -1.69. The highest BCUT2D eigenvalue weighted by Gasteiger charge is 2.36. The van der Waals surface area contributed by atoms with Crippen molar-refractivity contribution in [1.29, 1.82) is 0 Å². The minimum Gasteiger partial charge on any atom is -0.365 e. The maximum atomic E-state index is 13.9. The minimum atomic E-state index is -0.574. The van der Waals surface area contributed by atoms with E-state index >= 15 is 0 Å². The molecule has 0 aliphatic carbocycles. The van der Waals surface area contributed by atoms with Crippen LogP contribution >= 0.6 is 0 Å². The van der Waals surface area contributed by atoms with Crippen molar-refractivity contribution in [2.75, 3.05) is 24.5 Å². The Labute approximate surface area is 136 Å². The highest BCUT2D eigenvalue weighted by molar-refractivity contribution is 5.83. The van der Waals surface area contributed by atoms with Gasteiger partial charge in [0.2, 0.25) is 5.91 Å². The summed E-state index contributed by atoms with van der Waals surface area (Å²) in [5.74, 6) is -1.21. The lowest BCUT2D eigenvalue weighted by atomic mass is 9.81. The van der Waals surface area contributed by atoms with Crippen LogP contribution in [0.4, 0.5) is 14.5 Å². The van der Waals surface area contributed by atoms with E-state index in [1.54, 1.807) is 4.90 Å². The first-order valence-corrected chi connectivity index (χ1v) is 8.17. The van der Waals surface area contributed by atoms with E-state index in [1.165, 1.54) is 18.2 Å². The molecule has 6 heteroatoms. The van der Waals surface area contributed by atoms with Gasteiger partial charge in [0.15, 0.2) is 0 Å². The molecule has 1 aliphatic heterocycles. The van der Waals surface area contributed by atoms with Gasteiger partial charge in [0.1, 0.15) is 17.3 Å². The molecule has 1 heterocycles. The van der Waals surface area contributed by atoms with Crippen LogP contribution in [-0.2, 0) is 4.79 Å². The summed E-state index contributed by atoms with van der Waals surface area (Å²) < 4.78 is 27.7. The van der Waals surface area contributed by atoms with Crippen molar-refractivity contribution < 1.29 is 13.6 Å². The molecule has 1 unspecified atom stereocenters. The van der Waals surface area contributed by atoms with Crippen LogP contribution in [-0.4, -0.2) is 31.6 Å². The molecule has 4 nitrogen and oxygen atoms in total. The minimum absolute atomic E-state index is 0.0136. The van der Waals surface area contributed by atoms with Crippen molar-refractivity contribution >= 4 is 11.6 Å². The average Bonchev–Trinajstić information content (AvgIpc) is 2.97. The lowest BCUT2D eigenvalue weighted by molar-refractivity contribution is -0.131. The Morgan fingerprint density at radius 2 is 1.96 bits per heavy atom. The lowest BCUT2D eigenvalue weighted by Crippen LogP contribution is -2.49. The number of hydrogen-bond donors (Lipinski definition) is 2. The van der Waals surface area contributed by atoms with E-state index in [-0.39, 0.29) is 17.6 Å². The van der Waals surface area contributed by atoms with Crippen molar-refractivity contribution in [3.63, 3.8) is 0 Å². The van der Waals surface area contributed by atoms with Gasteiger partial charge in [-0.05, 0) is 31.4 Å². The fourth-order valence-electron chi connectivity index (χ4n) is 3.16. The number of halogens is 2. The Bertz CT molecular complexity index is 532. The molecule has 128 valence electrons. The summed E-state index contributed by atoms with van der Waals surface area (Å²) in [6.07, 6.45) is 2.00. The van der Waals surface area contributed by atoms with Crippen molar-refractivity contribution in [1.82, 2.24) is 5.32 Å². The first kappa shape index (κ1) is 17.7. The van der Waals surface area contributed by atoms with E-state index in [0.717, 1.165) is 0 Å². The quantitative estimate of drug-likeness (QED) is 0.844. The largest absolute Gasteiger partial charge is 0.365 e. The van der Waals surface area contributed by atoms with Crippen LogP contribution in [0.2, 0.25) is 0 Å². The van der Waals surface area contributed by atoms with Crippen LogP contribution in [0.5, 0.6) is 0 Å². The molecule has 0 saturated carbocycles. The number of hydrogen-bond acceptors (Lipinski definition) is 3. The van der Waals surface area contributed by atoms with Crippen molar-refractivity contribution in [2.45, 2.75) is 39.2 Å². The molecular formula is C17H25F2N3O. The summed E-state index contributed by atoms with van der Waals surface area (Å²) in [5.41, 5.74) is 5.22. The number of nitrogens with two attached hydrogens (primary N) is 1. The number of carbonyl (C=O) groups is 1. The zero-order chi connectivity index (χ0) is 17.0. The predicted molar refractivity (Wildman–Crippen MR) is 87.2 cm³/mol. The van der Waals surface area contributed by atoms with Gasteiger partial charge in [-0.15, -0.1) is 0 Å². The molecule has 1 saturated heterocycles. The van der Waals surface area contributed by atoms with Crippen LogP contribution in [0.3, 0.4) is 0 Å². The molecule has 1 aromatic carbocycles. The average molecular weight is 325 g/mol. The molecule has 1 aliphatic rings. The molecular weight excluding hydrogens is 300 g/mol. The SMILES string of the molecule is CCC(CC)(CN)C(=O)NC1CCN(c2c(F)cccc2F)C1. The maximum absolute atomic E-state index is 13.9. The molecule has 1 atom stereocenters. The smallest absolute Gasteiger partial charge is 0.227 e. The molecule has 0 aromatic heterocycles. The van der Waals surface area contributed by atoms with Crippen LogP contribution in [0, 0.1) is 17.0 Å². The van der Waals surface area contributed by atoms with Gasteiger partial charge in [0.25, 0.3) is 0 Å². The molecule has 0 spiro atoms. The third-order valence-corrected chi connectivity index (χ3v) is 5.00. The van der Waals surface area contributed by atoms with E-state index < -0.39 is 17.0 Å². The first-order valence-electron chi connectivity index (χ1n) is 8.17. The second-order valence-electron chi connectivity index (χ2n) is 6.17. The van der Waals surface area contributed by atoms with Crippen LogP contribution in [0.15, 0.2) is 18.2 Å². The van der Waals surface area contributed by atoms with Crippen molar-refractivity contribution in [3.05, 3.63) is 29.8 Å². The van der Waals surface area contributed by atoms with Gasteiger partial charge in [0.05, 0.1) is 5.41 Å². The standard InChI is InChI=1S/C17H25F2N3O/c1-3-17(4-2,11-20)16(23)21-12-8-9-22(10-12)15-13(18)6-5-7-14(15)19/h5-7,12H,3-4,8-11,20H2,1-2H3,(H,21,23). The third kappa shape index (κ3) is 3.47. The number of anilines is 1. The summed E-state index contributed by atoms with van der Waals surface area (Å²) in [6, 6.07) is 3.72. The number of rotatable bonds is 6. The van der Waals surface area contributed by atoms with E-state index in [1.807, 2.05) is 13.8 Å². The Kier molecular flexibility index (Phi) is 5.57. The normalized spacial score (nSPS) is 18.3. The predicted octanol–water partition coefficient (Wildman–Crippen LogP) is 2.42. The van der Waals surface area contributed by atoms with Gasteiger partial charge in [-0.3, -0.25) is 4.79 Å². The summed E-state index contributed by atoms with van der Waals surface area (Å²) in [6.45, 7) is 5.11. The zero-order valence-electron chi connectivity index (χ0n) is 13.7. The molecule has 1 fully saturated rings. The molecule has 23 heavy (non-hydrogen) atoms. The fourth-order valence-corrected chi connectivity index (χ4v) is 3.16. The Morgan fingerprint density at radius 1 is 1.35 bits per heavy atom. The number of carbonyl (C=O) groups excluding carboxylic acids is 1. The van der Waals surface area contributed by atoms with Gasteiger partial charge >= 0.3 is 0 Å². The summed E-state index contributed by atoms with van der Waals surface area (Å²) >= 11 is 0. The van der Waals surface area contributed by atoms with Gasteiger partial charge in [0, 0.05) is 25.7 Å². The fraction of sp³-hybridized carbons (Fsp3) is 0.588. The molecule has 1 amide bonds. The number of benzene rings is 1. The summed E-state index contributed by atoms with van der Waals surface area (Å²) in [7, 11) is 0. The van der Waals surface area contributed by atoms with Gasteiger partial charge in [-0.25, -0.2) is 8.78 Å². The summed E-state index contributed by atoms with van der Waals surface area (Å²) in [4.78, 5) is 14.2. The molecule has 3 N–H and O–H groups in total. The lowest BCUT2D eigenvalue weighted by Gasteiger charge is -2.30. The van der Waals surface area contributed by atoms with Crippen LogP contribution in [0.25, 0.3) is 0 Å². The highest BCUT2D eigenvalue weighted by atomic mass is 19.1. The molecule has 0 bridgehead atoms. The number of nitrogens with one attached hydrogen (secondary N) is 1. The highest BCUT2D eigenvalue weighted by Crippen LogP contribution is 2.28. The summed E-state index contributed by atoms with van der Waals surface area (Å²) in [5, 5.41) is 3.01. The molecule has 1 aromatic rings. The number of para-hydroxylation sites is 1. The third-order valence-electron chi connectivity index (χ3n) is 5.00. The zero-order valence-corrected chi connectivity index (χ0v) is 13.7. The topological polar surface area (TPSA) is 58.4 Å². The molecule has 2 rings (SSSR count). The van der Waals surface area contributed by atoms with Crippen LogP contribution in [0.1, 0.15) is 33.1 Å². The van der Waals surface area contributed by atoms with E-state index in [4.69, 9.17) is 5.73 Å². The van der Waals surface area contributed by atoms with E-state index in [2.05, 4.69) is 5.32 Å².